The van der Waals surface area contributed by atoms with Gasteiger partial charge in [0.05, 0.1) is 0 Å². The van der Waals surface area contributed by atoms with Crippen LogP contribution in [0.3, 0.4) is 0 Å². The second kappa shape index (κ2) is 7.19. The summed E-state index contributed by atoms with van der Waals surface area (Å²) in [5.41, 5.74) is 5.56. The molecule has 0 aliphatic carbocycles. The first-order chi connectivity index (χ1) is 9.35. The molecule has 0 saturated heterocycles. The summed E-state index contributed by atoms with van der Waals surface area (Å²) in [5, 5.41) is 0.923. The molecule has 2 aromatic carbocycles. The molecule has 1 aliphatic rings. The first kappa shape index (κ1) is 15.5. The van der Waals surface area contributed by atoms with Crippen molar-refractivity contribution in [2.24, 2.45) is 0 Å². The average molecular weight is 395 g/mol. The van der Waals surface area contributed by atoms with Crippen LogP contribution in [0.2, 0.25) is 0 Å². The monoisotopic (exact) mass is 393 g/mol. The van der Waals surface area contributed by atoms with Crippen molar-refractivity contribution >= 4 is 22.1 Å². The van der Waals surface area contributed by atoms with E-state index in [4.69, 9.17) is 0 Å². The van der Waals surface area contributed by atoms with Crippen molar-refractivity contribution in [1.82, 2.24) is 0 Å². The Bertz CT molecular complexity index is 606. The van der Waals surface area contributed by atoms with Gasteiger partial charge < -0.3 is 17.0 Å². The zero-order valence-corrected chi connectivity index (χ0v) is 14.4. The van der Waals surface area contributed by atoms with Gasteiger partial charge in [-0.25, -0.2) is 4.58 Å². The van der Waals surface area contributed by atoms with E-state index in [-0.39, 0.29) is 17.0 Å². The fraction of sp³-hybridized carbons (Fsp3) is 0.235. The standard InChI is InChI=1S/C17H17BrN.BrH/c18-11-15-6-7-16-8-9-19(13-17(16)10-15)12-14-4-2-1-3-5-14;/h1-7,10,13H,8-9,11-12H2;1H/q+1;/p-1. The largest absolute Gasteiger partial charge is 1.00 e. The molecule has 0 fully saturated rings. The minimum Gasteiger partial charge on any atom is -1.00 e. The van der Waals surface area contributed by atoms with Crippen LogP contribution in [0.4, 0.5) is 0 Å². The highest BCUT2D eigenvalue weighted by Gasteiger charge is 2.16. The predicted octanol–water partition coefficient (Wildman–Crippen LogP) is 0.773. The van der Waals surface area contributed by atoms with E-state index < -0.39 is 0 Å². The maximum absolute atomic E-state index is 3.53. The SMILES string of the molecule is BrCc1ccc2c(c1)C=[N+](Cc1ccccc1)CC2.[Br-]. The molecule has 20 heavy (non-hydrogen) atoms. The molecule has 3 rings (SSSR count). The lowest BCUT2D eigenvalue weighted by Crippen LogP contribution is -3.00. The van der Waals surface area contributed by atoms with Gasteiger partial charge in [0.15, 0.2) is 12.8 Å². The molecular formula is C17H17Br2N. The normalized spacial score (nSPS) is 13.2. The lowest BCUT2D eigenvalue weighted by atomic mass is 10.00. The lowest BCUT2D eigenvalue weighted by Gasteiger charge is -2.13. The molecule has 0 radical (unpaired) electrons. The molecule has 2 aromatic rings. The van der Waals surface area contributed by atoms with Crippen LogP contribution in [-0.4, -0.2) is 17.3 Å². The van der Waals surface area contributed by atoms with Gasteiger partial charge >= 0.3 is 0 Å². The summed E-state index contributed by atoms with van der Waals surface area (Å²) in [4.78, 5) is 0. The van der Waals surface area contributed by atoms with Gasteiger partial charge in [-0.15, -0.1) is 0 Å². The maximum atomic E-state index is 3.53. The molecule has 0 N–H and O–H groups in total. The van der Waals surface area contributed by atoms with Gasteiger partial charge in [-0.2, -0.15) is 0 Å². The number of rotatable bonds is 3. The molecule has 0 atom stereocenters. The summed E-state index contributed by atoms with van der Waals surface area (Å²) in [6.07, 6.45) is 3.44. The van der Waals surface area contributed by atoms with Gasteiger partial charge in [-0.3, -0.25) is 0 Å². The Morgan fingerprint density at radius 1 is 1.00 bits per heavy atom. The number of fused-ring (bicyclic) bond motifs is 1. The van der Waals surface area contributed by atoms with E-state index in [1.54, 1.807) is 0 Å². The van der Waals surface area contributed by atoms with Crippen molar-refractivity contribution in [3.8, 4) is 0 Å². The summed E-state index contributed by atoms with van der Waals surface area (Å²) < 4.78 is 2.41. The topological polar surface area (TPSA) is 3.01 Å². The maximum Gasteiger partial charge on any atom is 0.171 e. The molecule has 3 heteroatoms. The third-order valence-corrected chi connectivity index (χ3v) is 4.23. The van der Waals surface area contributed by atoms with Gasteiger partial charge in [-0.1, -0.05) is 58.4 Å². The van der Waals surface area contributed by atoms with Crippen LogP contribution in [0, 0.1) is 0 Å². The second-order valence-corrected chi connectivity index (χ2v) is 5.56. The first-order valence-corrected chi connectivity index (χ1v) is 7.78. The number of hydrogen-bond donors (Lipinski definition) is 0. The van der Waals surface area contributed by atoms with Crippen LogP contribution in [0.1, 0.15) is 22.3 Å². The zero-order chi connectivity index (χ0) is 13.1. The van der Waals surface area contributed by atoms with E-state index in [1.165, 1.54) is 22.3 Å². The Morgan fingerprint density at radius 2 is 1.80 bits per heavy atom. The number of benzene rings is 2. The molecule has 0 amide bonds. The van der Waals surface area contributed by atoms with Crippen molar-refractivity contribution in [3.05, 3.63) is 70.8 Å². The third-order valence-electron chi connectivity index (χ3n) is 3.58. The zero-order valence-electron chi connectivity index (χ0n) is 11.2. The average Bonchev–Trinajstić information content (AvgIpc) is 2.47. The highest BCUT2D eigenvalue weighted by molar-refractivity contribution is 9.08. The van der Waals surface area contributed by atoms with Crippen molar-refractivity contribution < 1.29 is 21.6 Å². The molecule has 0 aromatic heterocycles. The highest BCUT2D eigenvalue weighted by Crippen LogP contribution is 2.17. The minimum atomic E-state index is 0. The first-order valence-electron chi connectivity index (χ1n) is 6.66. The molecule has 1 nitrogen and oxygen atoms in total. The number of halogens is 2. The third kappa shape index (κ3) is 3.58. The lowest BCUT2D eigenvalue weighted by molar-refractivity contribution is -0.540. The van der Waals surface area contributed by atoms with Gasteiger partial charge in [0.1, 0.15) is 6.54 Å². The Morgan fingerprint density at radius 3 is 2.55 bits per heavy atom. The molecule has 104 valence electrons. The highest BCUT2D eigenvalue weighted by atomic mass is 79.9. The van der Waals surface area contributed by atoms with Crippen LogP contribution >= 0.6 is 15.9 Å². The summed E-state index contributed by atoms with van der Waals surface area (Å²) in [7, 11) is 0. The van der Waals surface area contributed by atoms with Crippen molar-refractivity contribution in [2.45, 2.75) is 18.3 Å². The van der Waals surface area contributed by atoms with Crippen LogP contribution < -0.4 is 17.0 Å². The van der Waals surface area contributed by atoms with Gasteiger partial charge in [0.2, 0.25) is 0 Å². The smallest absolute Gasteiger partial charge is 0.171 e. The molecule has 0 saturated carbocycles. The van der Waals surface area contributed by atoms with E-state index in [9.17, 15) is 0 Å². The fourth-order valence-electron chi connectivity index (χ4n) is 2.54. The number of alkyl halides is 1. The Hall–Kier alpha value is -0.930. The van der Waals surface area contributed by atoms with Crippen LogP contribution in [-0.2, 0) is 18.3 Å². The molecule has 0 unspecified atom stereocenters. The number of nitrogens with zero attached hydrogens (tertiary/aromatic N) is 1. The molecule has 1 aliphatic heterocycles. The second-order valence-electron chi connectivity index (χ2n) is 5.00. The Labute approximate surface area is 139 Å². The van der Waals surface area contributed by atoms with Gasteiger partial charge in [-0.05, 0) is 17.2 Å². The Balaban J connectivity index is 0.00000147. The summed E-state index contributed by atoms with van der Waals surface area (Å²) in [6.45, 7) is 2.11. The van der Waals surface area contributed by atoms with Crippen LogP contribution in [0.25, 0.3) is 0 Å². The van der Waals surface area contributed by atoms with Gasteiger partial charge in [0.25, 0.3) is 0 Å². The van der Waals surface area contributed by atoms with E-state index >= 15 is 0 Å². The molecule has 1 heterocycles. The summed E-state index contributed by atoms with van der Waals surface area (Å²) in [5.74, 6) is 0. The van der Waals surface area contributed by atoms with E-state index in [1.807, 2.05) is 0 Å². The fourth-order valence-corrected chi connectivity index (χ4v) is 2.89. The molecule has 0 spiro atoms. The molecular weight excluding hydrogens is 378 g/mol. The van der Waals surface area contributed by atoms with Crippen molar-refractivity contribution in [1.29, 1.82) is 0 Å². The van der Waals surface area contributed by atoms with Gasteiger partial charge in [0, 0.05) is 22.9 Å². The minimum absolute atomic E-state index is 0. The van der Waals surface area contributed by atoms with E-state index in [0.29, 0.717) is 0 Å². The quantitative estimate of drug-likeness (QED) is 0.534. The predicted molar refractivity (Wildman–Crippen MR) is 83.2 cm³/mol. The van der Waals surface area contributed by atoms with Crippen molar-refractivity contribution in [2.75, 3.05) is 6.54 Å². The van der Waals surface area contributed by atoms with Crippen LogP contribution in [0.5, 0.6) is 0 Å². The summed E-state index contributed by atoms with van der Waals surface area (Å²) >= 11 is 3.53. The van der Waals surface area contributed by atoms with Crippen LogP contribution in [0.15, 0.2) is 48.5 Å². The van der Waals surface area contributed by atoms with E-state index in [2.05, 4.69) is 75.3 Å². The van der Waals surface area contributed by atoms with E-state index in [0.717, 1.165) is 24.8 Å². The van der Waals surface area contributed by atoms with Crippen molar-refractivity contribution in [3.63, 3.8) is 0 Å². The molecule has 0 bridgehead atoms. The Kier molecular flexibility index (Phi) is 5.55. The summed E-state index contributed by atoms with van der Waals surface area (Å²) in [6, 6.07) is 17.4. The number of hydrogen-bond acceptors (Lipinski definition) is 0.